The Balaban J connectivity index is 1.65. The summed E-state index contributed by atoms with van der Waals surface area (Å²) in [6.07, 6.45) is 4.57. The van der Waals surface area contributed by atoms with E-state index >= 15 is 0 Å². The number of benzene rings is 2. The molecule has 0 bridgehead atoms. The first-order valence-electron chi connectivity index (χ1n) is 11.3. The number of hydrogen-bond acceptors (Lipinski definition) is 6. The highest BCUT2D eigenvalue weighted by atomic mass is 16.6. The molecule has 168 valence electrons. The van der Waals surface area contributed by atoms with Crippen LogP contribution in [-0.4, -0.2) is 22.8 Å². The van der Waals surface area contributed by atoms with Crippen molar-refractivity contribution in [3.63, 3.8) is 0 Å². The molecule has 0 aromatic heterocycles. The first-order chi connectivity index (χ1) is 16.0. The fraction of sp³-hybridized carbons (Fsp3) is 0.308. The number of Topliss-reactive ketones (excluding diaryl/α,β-unsaturated/α-hetero) is 1. The number of fused-ring (bicyclic) bond motifs is 2. The predicted octanol–water partition coefficient (Wildman–Crippen LogP) is 5.04. The summed E-state index contributed by atoms with van der Waals surface area (Å²) in [5.41, 5.74) is 3.20. The number of para-hydroxylation sites is 1. The van der Waals surface area contributed by atoms with Gasteiger partial charge in [-0.05, 0) is 32.6 Å². The van der Waals surface area contributed by atoms with Crippen LogP contribution >= 0.6 is 0 Å². The van der Waals surface area contributed by atoms with Gasteiger partial charge in [0, 0.05) is 34.0 Å². The van der Waals surface area contributed by atoms with Gasteiger partial charge in [0.1, 0.15) is 6.10 Å². The topological polar surface area (TPSA) is 98.5 Å². The summed E-state index contributed by atoms with van der Waals surface area (Å²) in [5.74, 6) is -1.64. The van der Waals surface area contributed by atoms with Gasteiger partial charge in [-0.2, -0.15) is 0 Å². The lowest BCUT2D eigenvalue weighted by Crippen LogP contribution is -2.31. The van der Waals surface area contributed by atoms with Gasteiger partial charge in [0.25, 0.3) is 5.69 Å². The number of nitrogens with one attached hydrogen (secondary N) is 1. The molecule has 5 rings (SSSR count). The number of dihydropyridines is 1. The Hall–Kier alpha value is -3.74. The van der Waals surface area contributed by atoms with Crippen LogP contribution in [0.15, 0.2) is 65.4 Å². The zero-order chi connectivity index (χ0) is 23.1. The third-order valence-corrected chi connectivity index (χ3v) is 6.74. The van der Waals surface area contributed by atoms with Crippen molar-refractivity contribution in [2.45, 2.75) is 51.0 Å². The summed E-state index contributed by atoms with van der Waals surface area (Å²) in [5, 5.41) is 15.1. The summed E-state index contributed by atoms with van der Waals surface area (Å²) in [6.45, 7) is 1.76. The van der Waals surface area contributed by atoms with Crippen molar-refractivity contribution in [3.8, 4) is 0 Å². The van der Waals surface area contributed by atoms with E-state index in [9.17, 15) is 19.7 Å². The molecule has 1 heterocycles. The van der Waals surface area contributed by atoms with Crippen molar-refractivity contribution >= 4 is 23.1 Å². The van der Waals surface area contributed by atoms with Crippen LogP contribution in [0.5, 0.6) is 0 Å². The van der Waals surface area contributed by atoms with Gasteiger partial charge in [0.15, 0.2) is 5.78 Å². The Morgan fingerprint density at radius 1 is 1.03 bits per heavy atom. The lowest BCUT2D eigenvalue weighted by molar-refractivity contribution is -0.385. The number of allylic oxidation sites excluding steroid dienone is 2. The van der Waals surface area contributed by atoms with Crippen molar-refractivity contribution < 1.29 is 19.2 Å². The molecule has 0 amide bonds. The molecule has 0 spiro atoms. The standard InChI is InChI=1S/C26H24N2O5/c1-15-21(26(30)33-16-9-3-2-4-10-16)22(19-13-7-8-14-20(19)28(31)32)23-24(27-15)17-11-5-6-12-18(17)25(23)29/h5-8,11-14,16,22,27H,2-4,9-10H2,1H3/t22-/m1/s1. The molecule has 0 radical (unpaired) electrons. The number of ketones is 1. The van der Waals surface area contributed by atoms with E-state index < -0.39 is 16.8 Å². The molecule has 2 aliphatic carbocycles. The smallest absolute Gasteiger partial charge is 0.337 e. The van der Waals surface area contributed by atoms with Crippen LogP contribution in [0, 0.1) is 10.1 Å². The SMILES string of the molecule is CC1=C(C(=O)OC2CCCCC2)[C@@H](c2ccccc2[N+](=O)[O-])C2=C(N1)c1ccccc1C2=O. The summed E-state index contributed by atoms with van der Waals surface area (Å²) < 4.78 is 5.87. The van der Waals surface area contributed by atoms with Gasteiger partial charge in [-0.25, -0.2) is 4.79 Å². The van der Waals surface area contributed by atoms with E-state index in [1.54, 1.807) is 37.3 Å². The number of esters is 1. The second-order valence-corrected chi connectivity index (χ2v) is 8.74. The fourth-order valence-corrected chi connectivity index (χ4v) is 5.21. The molecule has 33 heavy (non-hydrogen) atoms. The van der Waals surface area contributed by atoms with Crippen molar-refractivity contribution in [1.82, 2.24) is 5.32 Å². The highest BCUT2D eigenvalue weighted by Crippen LogP contribution is 2.48. The number of nitro benzene ring substituents is 1. The first-order valence-corrected chi connectivity index (χ1v) is 11.3. The lowest BCUT2D eigenvalue weighted by atomic mass is 9.79. The van der Waals surface area contributed by atoms with Crippen molar-refractivity contribution in [3.05, 3.63) is 92.2 Å². The third kappa shape index (κ3) is 3.53. The summed E-state index contributed by atoms with van der Waals surface area (Å²) >= 11 is 0. The molecule has 1 saturated carbocycles. The zero-order valence-corrected chi connectivity index (χ0v) is 18.3. The largest absolute Gasteiger partial charge is 0.459 e. The zero-order valence-electron chi connectivity index (χ0n) is 18.3. The summed E-state index contributed by atoms with van der Waals surface area (Å²) in [4.78, 5) is 38.4. The third-order valence-electron chi connectivity index (χ3n) is 6.74. The fourth-order valence-electron chi connectivity index (χ4n) is 5.21. The highest BCUT2D eigenvalue weighted by molar-refractivity contribution is 6.23. The number of carbonyl (C=O) groups is 2. The van der Waals surface area contributed by atoms with E-state index in [-0.39, 0.29) is 23.1 Å². The second-order valence-electron chi connectivity index (χ2n) is 8.74. The molecule has 1 fully saturated rings. The lowest BCUT2D eigenvalue weighted by Gasteiger charge is -2.30. The minimum absolute atomic E-state index is 0.129. The van der Waals surface area contributed by atoms with Crippen LogP contribution in [0.4, 0.5) is 5.69 Å². The first kappa shape index (κ1) is 21.1. The van der Waals surface area contributed by atoms with E-state index in [0.29, 0.717) is 28.1 Å². The number of rotatable bonds is 4. The van der Waals surface area contributed by atoms with Gasteiger partial charge < -0.3 is 10.1 Å². The average molecular weight is 444 g/mol. The van der Waals surface area contributed by atoms with E-state index in [2.05, 4.69) is 5.32 Å². The Kier molecular flexibility index (Phi) is 5.32. The average Bonchev–Trinajstić information content (AvgIpc) is 3.10. The number of carbonyl (C=O) groups excluding carboxylic acids is 2. The van der Waals surface area contributed by atoms with Gasteiger partial charge in [-0.3, -0.25) is 14.9 Å². The molecular formula is C26H24N2O5. The molecule has 3 aliphatic rings. The van der Waals surface area contributed by atoms with Crippen LogP contribution < -0.4 is 5.32 Å². The maximum atomic E-state index is 13.5. The predicted molar refractivity (Wildman–Crippen MR) is 122 cm³/mol. The number of nitro groups is 1. The van der Waals surface area contributed by atoms with Crippen molar-refractivity contribution in [2.24, 2.45) is 0 Å². The minimum atomic E-state index is -0.890. The van der Waals surface area contributed by atoms with E-state index in [4.69, 9.17) is 4.74 Å². The molecule has 0 unspecified atom stereocenters. The molecule has 1 atom stereocenters. The monoisotopic (exact) mass is 444 g/mol. The molecule has 1 N–H and O–H groups in total. The van der Waals surface area contributed by atoms with Crippen molar-refractivity contribution in [2.75, 3.05) is 0 Å². The van der Waals surface area contributed by atoms with Crippen LogP contribution in [0.3, 0.4) is 0 Å². The van der Waals surface area contributed by atoms with Gasteiger partial charge in [-0.1, -0.05) is 48.9 Å². The van der Waals surface area contributed by atoms with E-state index in [0.717, 1.165) is 37.7 Å². The number of hydrogen-bond donors (Lipinski definition) is 1. The Bertz CT molecular complexity index is 1240. The maximum absolute atomic E-state index is 13.5. The maximum Gasteiger partial charge on any atom is 0.337 e. The molecule has 2 aromatic carbocycles. The van der Waals surface area contributed by atoms with Crippen LogP contribution in [0.2, 0.25) is 0 Å². The minimum Gasteiger partial charge on any atom is -0.459 e. The number of ether oxygens (including phenoxy) is 1. The van der Waals surface area contributed by atoms with Gasteiger partial charge in [-0.15, -0.1) is 0 Å². The van der Waals surface area contributed by atoms with Crippen molar-refractivity contribution in [1.29, 1.82) is 0 Å². The van der Waals surface area contributed by atoms with Crippen LogP contribution in [0.25, 0.3) is 5.70 Å². The summed E-state index contributed by atoms with van der Waals surface area (Å²) in [7, 11) is 0. The Morgan fingerprint density at radius 2 is 1.70 bits per heavy atom. The van der Waals surface area contributed by atoms with Gasteiger partial charge >= 0.3 is 5.97 Å². The molecule has 7 nitrogen and oxygen atoms in total. The molecule has 2 aromatic rings. The highest BCUT2D eigenvalue weighted by Gasteiger charge is 2.45. The second kappa shape index (κ2) is 8.31. The quantitative estimate of drug-likeness (QED) is 0.403. The molecular weight excluding hydrogens is 420 g/mol. The van der Waals surface area contributed by atoms with E-state index in [1.165, 1.54) is 6.07 Å². The van der Waals surface area contributed by atoms with E-state index in [1.807, 2.05) is 12.1 Å². The Labute approximate surface area is 191 Å². The Morgan fingerprint density at radius 3 is 2.42 bits per heavy atom. The summed E-state index contributed by atoms with van der Waals surface area (Å²) in [6, 6.07) is 13.5. The molecule has 7 heteroatoms. The van der Waals surface area contributed by atoms with Gasteiger partial charge in [0.05, 0.1) is 22.1 Å². The van der Waals surface area contributed by atoms with Crippen LogP contribution in [-0.2, 0) is 9.53 Å². The van der Waals surface area contributed by atoms with Crippen LogP contribution in [0.1, 0.15) is 66.4 Å². The normalized spacial score (nSPS) is 20.3. The number of nitrogens with zero attached hydrogens (tertiary/aromatic N) is 1. The molecule has 1 aliphatic heterocycles. The van der Waals surface area contributed by atoms with Gasteiger partial charge in [0.2, 0.25) is 0 Å². The molecule has 0 saturated heterocycles.